The number of rotatable bonds is 3. The van der Waals surface area contributed by atoms with Crippen LogP contribution in [0.5, 0.6) is 0 Å². The van der Waals surface area contributed by atoms with Gasteiger partial charge >= 0.3 is 0 Å². The van der Waals surface area contributed by atoms with Gasteiger partial charge in [-0.3, -0.25) is 4.79 Å². The highest BCUT2D eigenvalue weighted by atomic mass is 32.1. The summed E-state index contributed by atoms with van der Waals surface area (Å²) in [7, 11) is 0. The topological polar surface area (TPSA) is 49.3 Å². The fraction of sp³-hybridized carbons (Fsp3) is 0.235. The van der Waals surface area contributed by atoms with Crippen molar-refractivity contribution in [2.75, 3.05) is 6.61 Å². The second kappa shape index (κ2) is 7.07. The quantitative estimate of drug-likeness (QED) is 0.856. The first kappa shape index (κ1) is 15.3. The molecule has 108 valence electrons. The zero-order chi connectivity index (χ0) is 15.2. The molecule has 21 heavy (non-hydrogen) atoms. The summed E-state index contributed by atoms with van der Waals surface area (Å²) in [5, 5.41) is 13.8. The Labute approximate surface area is 128 Å². The van der Waals surface area contributed by atoms with Gasteiger partial charge in [0.15, 0.2) is 0 Å². The second-order valence-corrected chi connectivity index (χ2v) is 5.70. The van der Waals surface area contributed by atoms with E-state index in [-0.39, 0.29) is 18.6 Å². The van der Waals surface area contributed by atoms with Crippen LogP contribution in [0.15, 0.2) is 35.7 Å². The van der Waals surface area contributed by atoms with E-state index in [9.17, 15) is 4.79 Å². The van der Waals surface area contributed by atoms with Crippen molar-refractivity contribution >= 4 is 17.2 Å². The summed E-state index contributed by atoms with van der Waals surface area (Å²) in [6.07, 6.45) is 0. The van der Waals surface area contributed by atoms with E-state index in [0.717, 1.165) is 10.4 Å². The molecule has 1 aromatic heterocycles. The minimum atomic E-state index is -0.222. The highest BCUT2D eigenvalue weighted by molar-refractivity contribution is 7.10. The van der Waals surface area contributed by atoms with Crippen LogP contribution in [0.3, 0.4) is 0 Å². The van der Waals surface area contributed by atoms with E-state index in [1.165, 1.54) is 0 Å². The molecule has 0 fully saturated rings. The Morgan fingerprint density at radius 2 is 2.24 bits per heavy atom. The second-order valence-electron chi connectivity index (χ2n) is 4.72. The predicted octanol–water partition coefficient (Wildman–Crippen LogP) is 2.89. The monoisotopic (exact) mass is 299 g/mol. The molecular formula is C17H17NO2S. The van der Waals surface area contributed by atoms with Gasteiger partial charge in [0.2, 0.25) is 0 Å². The minimum absolute atomic E-state index is 0.0440. The molecule has 1 amide bonds. The molecule has 3 nitrogen and oxygen atoms in total. The summed E-state index contributed by atoms with van der Waals surface area (Å²) in [6.45, 7) is 3.68. The number of thiophene rings is 1. The maximum Gasteiger partial charge on any atom is 0.253 e. The molecule has 0 saturated heterocycles. The van der Waals surface area contributed by atoms with E-state index in [2.05, 4.69) is 17.2 Å². The van der Waals surface area contributed by atoms with Crippen molar-refractivity contribution in [2.24, 2.45) is 0 Å². The zero-order valence-electron chi connectivity index (χ0n) is 12.0. The molecule has 1 unspecified atom stereocenters. The molecule has 1 heterocycles. The molecule has 0 radical (unpaired) electrons. The van der Waals surface area contributed by atoms with Crippen LogP contribution < -0.4 is 5.32 Å². The van der Waals surface area contributed by atoms with E-state index in [1.54, 1.807) is 17.4 Å². The number of aliphatic hydroxyl groups is 1. The smallest absolute Gasteiger partial charge is 0.253 e. The molecule has 2 N–H and O–H groups in total. The highest BCUT2D eigenvalue weighted by Gasteiger charge is 2.14. The normalized spacial score (nSPS) is 11.4. The van der Waals surface area contributed by atoms with E-state index in [0.29, 0.717) is 11.1 Å². The van der Waals surface area contributed by atoms with Crippen molar-refractivity contribution in [3.05, 3.63) is 57.3 Å². The summed E-state index contributed by atoms with van der Waals surface area (Å²) >= 11 is 1.61. The van der Waals surface area contributed by atoms with E-state index in [4.69, 9.17) is 5.11 Å². The molecule has 2 aromatic rings. The number of benzene rings is 1. The molecule has 0 saturated carbocycles. The first-order valence-electron chi connectivity index (χ1n) is 6.66. The number of hydrogen-bond acceptors (Lipinski definition) is 3. The van der Waals surface area contributed by atoms with Crippen LogP contribution >= 0.6 is 11.3 Å². The van der Waals surface area contributed by atoms with Crippen LogP contribution in [0.4, 0.5) is 0 Å². The molecule has 0 aliphatic rings. The Morgan fingerprint density at radius 3 is 2.90 bits per heavy atom. The van der Waals surface area contributed by atoms with Gasteiger partial charge in [-0.15, -0.1) is 11.3 Å². The molecule has 1 aromatic carbocycles. The molecular weight excluding hydrogens is 282 g/mol. The van der Waals surface area contributed by atoms with Crippen LogP contribution in [-0.2, 0) is 0 Å². The van der Waals surface area contributed by atoms with Gasteiger partial charge in [-0.25, -0.2) is 0 Å². The molecule has 4 heteroatoms. The van der Waals surface area contributed by atoms with Crippen molar-refractivity contribution in [3.63, 3.8) is 0 Å². The first-order chi connectivity index (χ1) is 10.1. The summed E-state index contributed by atoms with van der Waals surface area (Å²) < 4.78 is 0. The van der Waals surface area contributed by atoms with Gasteiger partial charge in [0.05, 0.1) is 11.6 Å². The predicted molar refractivity (Wildman–Crippen MR) is 85.3 cm³/mol. The number of carbonyl (C=O) groups excluding carboxylic acids is 1. The van der Waals surface area contributed by atoms with Crippen molar-refractivity contribution in [1.29, 1.82) is 0 Å². The lowest BCUT2D eigenvalue weighted by Gasteiger charge is -2.13. The molecule has 2 rings (SSSR count). The Kier molecular flexibility index (Phi) is 5.15. The van der Waals surface area contributed by atoms with E-state index >= 15 is 0 Å². The third-order valence-electron chi connectivity index (χ3n) is 3.04. The molecule has 0 bridgehead atoms. The Morgan fingerprint density at radius 1 is 1.43 bits per heavy atom. The third-order valence-corrected chi connectivity index (χ3v) is 4.09. The van der Waals surface area contributed by atoms with Gasteiger partial charge in [-0.1, -0.05) is 24.0 Å². The summed E-state index contributed by atoms with van der Waals surface area (Å²) in [5.41, 5.74) is 2.20. The van der Waals surface area contributed by atoms with Crippen LogP contribution in [0, 0.1) is 18.8 Å². The maximum atomic E-state index is 12.4. The Hall–Kier alpha value is -2.09. The Bertz CT molecular complexity index is 681. The standard InChI is InChI=1S/C17H17NO2S/c1-12-7-8-15(14(11-12)5-3-9-19)17(20)18-13(2)16-6-4-10-21-16/h4,6-8,10-11,13,19H,9H2,1-2H3,(H,18,20). The van der Waals surface area contributed by atoms with E-state index in [1.807, 2.05) is 43.5 Å². The highest BCUT2D eigenvalue weighted by Crippen LogP contribution is 2.19. The van der Waals surface area contributed by atoms with Crippen LogP contribution in [0.2, 0.25) is 0 Å². The summed E-state index contributed by atoms with van der Waals surface area (Å²) in [4.78, 5) is 13.5. The van der Waals surface area contributed by atoms with Gasteiger partial charge in [0, 0.05) is 10.4 Å². The maximum absolute atomic E-state index is 12.4. The number of aryl methyl sites for hydroxylation is 1. The number of nitrogens with one attached hydrogen (secondary N) is 1. The average molecular weight is 299 g/mol. The largest absolute Gasteiger partial charge is 0.384 e. The van der Waals surface area contributed by atoms with Crippen molar-refractivity contribution in [3.8, 4) is 11.8 Å². The fourth-order valence-electron chi connectivity index (χ4n) is 1.98. The lowest BCUT2D eigenvalue weighted by Crippen LogP contribution is -2.26. The first-order valence-corrected chi connectivity index (χ1v) is 7.54. The summed E-state index contributed by atoms with van der Waals surface area (Å²) in [5.74, 6) is 5.28. The minimum Gasteiger partial charge on any atom is -0.384 e. The van der Waals surface area contributed by atoms with Gasteiger partial charge in [0.25, 0.3) is 5.91 Å². The number of carbonyl (C=O) groups is 1. The van der Waals surface area contributed by atoms with Crippen LogP contribution in [0.1, 0.15) is 39.3 Å². The lowest BCUT2D eigenvalue weighted by atomic mass is 10.0. The fourth-order valence-corrected chi connectivity index (χ4v) is 2.71. The van der Waals surface area contributed by atoms with Gasteiger partial charge < -0.3 is 10.4 Å². The van der Waals surface area contributed by atoms with Gasteiger partial charge in [-0.05, 0) is 43.0 Å². The molecule has 0 aliphatic heterocycles. The van der Waals surface area contributed by atoms with Crippen molar-refractivity contribution in [2.45, 2.75) is 19.9 Å². The zero-order valence-corrected chi connectivity index (χ0v) is 12.8. The number of aliphatic hydroxyl groups excluding tert-OH is 1. The SMILES string of the molecule is Cc1ccc(C(=O)NC(C)c2cccs2)c(C#CCO)c1. The van der Waals surface area contributed by atoms with Gasteiger partial charge in [-0.2, -0.15) is 0 Å². The van der Waals surface area contributed by atoms with Gasteiger partial charge in [0.1, 0.15) is 6.61 Å². The number of amides is 1. The van der Waals surface area contributed by atoms with Crippen LogP contribution in [0.25, 0.3) is 0 Å². The third kappa shape index (κ3) is 3.94. The average Bonchev–Trinajstić information content (AvgIpc) is 2.99. The molecule has 1 atom stereocenters. The Balaban J connectivity index is 2.22. The lowest BCUT2D eigenvalue weighted by molar-refractivity contribution is 0.0940. The molecule has 0 aliphatic carbocycles. The number of hydrogen-bond donors (Lipinski definition) is 2. The van der Waals surface area contributed by atoms with Crippen molar-refractivity contribution < 1.29 is 9.90 Å². The van der Waals surface area contributed by atoms with Crippen molar-refractivity contribution in [1.82, 2.24) is 5.32 Å². The van der Waals surface area contributed by atoms with Crippen LogP contribution in [-0.4, -0.2) is 17.6 Å². The summed E-state index contributed by atoms with van der Waals surface area (Å²) in [6, 6.07) is 9.43. The molecule has 0 spiro atoms. The van der Waals surface area contributed by atoms with E-state index < -0.39 is 0 Å².